The summed E-state index contributed by atoms with van der Waals surface area (Å²) in [5.74, 6) is -0.972. The van der Waals surface area contributed by atoms with Crippen LogP contribution in [-0.2, 0) is 11.3 Å². The number of aliphatic hydroxyl groups is 1. The van der Waals surface area contributed by atoms with Crippen molar-refractivity contribution in [2.45, 2.75) is 33.3 Å². The number of aryl methyl sites for hydroxylation is 2. The fourth-order valence-electron chi connectivity index (χ4n) is 2.43. The molecule has 1 saturated heterocycles. The molecule has 0 saturated carbocycles. The summed E-state index contributed by atoms with van der Waals surface area (Å²) in [4.78, 5) is 10.6. The van der Waals surface area contributed by atoms with Crippen LogP contribution >= 0.6 is 0 Å². The number of aliphatic hydroxyl groups excluding tert-OH is 1. The summed E-state index contributed by atoms with van der Waals surface area (Å²) in [5.41, 5.74) is 14.8. The quantitative estimate of drug-likeness (QED) is 0.384. The van der Waals surface area contributed by atoms with E-state index >= 15 is 0 Å². The van der Waals surface area contributed by atoms with Crippen LogP contribution in [0.1, 0.15) is 41.3 Å². The molecule has 0 aliphatic carbocycles. The molecule has 1 aliphatic rings. The molecule has 6 N–H and O–H groups in total. The van der Waals surface area contributed by atoms with E-state index in [1.165, 1.54) is 12.8 Å². The van der Waals surface area contributed by atoms with Gasteiger partial charge in [-0.1, -0.05) is 24.3 Å². The average Bonchev–Trinajstić information content (AvgIpc) is 3.15. The van der Waals surface area contributed by atoms with Crippen molar-refractivity contribution in [2.24, 2.45) is 0 Å². The van der Waals surface area contributed by atoms with Crippen LogP contribution in [0, 0.1) is 13.8 Å². The van der Waals surface area contributed by atoms with Crippen LogP contribution in [0.5, 0.6) is 0 Å². The predicted octanol–water partition coefficient (Wildman–Crippen LogP) is -0.926. The Labute approximate surface area is 191 Å². The van der Waals surface area contributed by atoms with Crippen molar-refractivity contribution in [2.75, 3.05) is 24.7 Å². The van der Waals surface area contributed by atoms with Crippen molar-refractivity contribution in [3.8, 4) is 0 Å². The minimum atomic E-state index is -0.972. The second kappa shape index (κ2) is 15.5. The molecule has 2 aromatic carbocycles. The van der Waals surface area contributed by atoms with E-state index in [0.717, 1.165) is 24.3 Å². The van der Waals surface area contributed by atoms with Gasteiger partial charge in [0.05, 0.1) is 12.2 Å². The van der Waals surface area contributed by atoms with E-state index in [0.29, 0.717) is 16.9 Å². The van der Waals surface area contributed by atoms with E-state index < -0.39 is 5.97 Å². The first-order valence-electron chi connectivity index (χ1n) is 8.49. The zero-order valence-electron chi connectivity index (χ0n) is 17.4. The second-order valence-corrected chi connectivity index (χ2v) is 5.96. The molecule has 6 nitrogen and oxygen atoms in total. The van der Waals surface area contributed by atoms with Gasteiger partial charge in [0.25, 0.3) is 0 Å². The van der Waals surface area contributed by atoms with Gasteiger partial charge in [-0.15, -0.1) is 0 Å². The van der Waals surface area contributed by atoms with Gasteiger partial charge in [-0.05, 0) is 49.9 Å². The molecule has 150 valence electrons. The molecular weight excluding hydrogens is 366 g/mol. The first kappa shape index (κ1) is 28.8. The number of aromatic carboxylic acids is 1. The number of carboxylic acids is 1. The number of rotatable bonds is 2. The Hall–Kier alpha value is -1.44. The van der Waals surface area contributed by atoms with E-state index in [2.05, 4.69) is 0 Å². The summed E-state index contributed by atoms with van der Waals surface area (Å²) < 4.78 is 4.94. The number of anilines is 2. The third kappa shape index (κ3) is 9.66. The monoisotopic (exact) mass is 398 g/mol. The van der Waals surface area contributed by atoms with Crippen molar-refractivity contribution < 1.29 is 40.0 Å². The molecule has 0 atom stereocenters. The van der Waals surface area contributed by atoms with Crippen molar-refractivity contribution >= 4 is 34.7 Å². The molecule has 2 aromatic rings. The minimum absolute atomic E-state index is 0. The summed E-state index contributed by atoms with van der Waals surface area (Å²) in [6.07, 6.45) is 2.56. The van der Waals surface area contributed by atoms with Crippen LogP contribution < -0.4 is 30.3 Å². The molecule has 1 heterocycles. The van der Waals surface area contributed by atoms with E-state index in [1.54, 1.807) is 31.2 Å². The minimum Gasteiger partial charge on any atom is -1.00 e. The topological polar surface area (TPSA) is 119 Å². The van der Waals surface area contributed by atoms with E-state index in [-0.39, 0.29) is 49.8 Å². The molecule has 0 bridgehead atoms. The molecule has 1 aliphatic heterocycles. The molecule has 3 rings (SSSR count). The van der Waals surface area contributed by atoms with Crippen LogP contribution in [0.2, 0.25) is 0 Å². The summed E-state index contributed by atoms with van der Waals surface area (Å²) >= 11 is 0. The van der Waals surface area contributed by atoms with Gasteiger partial charge in [0.15, 0.2) is 17.4 Å². The first-order valence-corrected chi connectivity index (χ1v) is 8.49. The Balaban J connectivity index is -0.000000350. The van der Waals surface area contributed by atoms with Crippen LogP contribution in [0.4, 0.5) is 11.4 Å². The zero-order valence-corrected chi connectivity index (χ0v) is 16.4. The second-order valence-electron chi connectivity index (χ2n) is 5.96. The number of carboxylic acid groups (broad SMARTS) is 1. The van der Waals surface area contributed by atoms with Gasteiger partial charge in [0.2, 0.25) is 0 Å². The van der Waals surface area contributed by atoms with Gasteiger partial charge < -0.3 is 27.8 Å². The molecule has 0 radical (unpaired) electrons. The van der Waals surface area contributed by atoms with Gasteiger partial charge >= 0.3 is 24.8 Å². The Kier molecular flexibility index (Phi) is 15.9. The molecule has 8 heteroatoms. The smallest absolute Gasteiger partial charge is 1.00 e. The summed E-state index contributed by atoms with van der Waals surface area (Å²) in [6, 6.07) is 10.6. The fraction of sp³-hybridized carbons (Fsp3) is 0.350. The molecule has 1 fully saturated rings. The summed E-state index contributed by atoms with van der Waals surface area (Å²) in [7, 11) is 0. The summed E-state index contributed by atoms with van der Waals surface area (Å²) in [5, 5.41) is 17.5. The molecule has 0 spiro atoms. The average molecular weight is 398 g/mol. The predicted molar refractivity (Wildman–Crippen MR) is 115 cm³/mol. The standard InChI is InChI=1S/C8H9NO2.C8H11NO.C4H8O.Al.Li.4H/c1-5-3-2-4-6(9)7(5)8(10)11;1-6-3-2-4-8(9)7(6)5-10;1-2-4-5-3-1;;;;;;/h2-4H,9H2,1H3,(H,10,11);2-4,10H,5,9H2,1H3;1-4H2;;;;;;/q;;;;+1;;;;-1. The van der Waals surface area contributed by atoms with E-state index in [1.807, 2.05) is 19.1 Å². The van der Waals surface area contributed by atoms with Gasteiger partial charge in [-0.3, -0.25) is 0 Å². The maximum atomic E-state index is 10.6. The van der Waals surface area contributed by atoms with Gasteiger partial charge in [0, 0.05) is 30.2 Å². The van der Waals surface area contributed by atoms with Gasteiger partial charge in [0.1, 0.15) is 0 Å². The van der Waals surface area contributed by atoms with Crippen molar-refractivity contribution in [1.29, 1.82) is 0 Å². The SMILES string of the molecule is C1CCOC1.Cc1cccc(N)c1C(=O)O.Cc1cccc(N)c1CO.[AlH3].[H-].[Li+]. The van der Waals surface area contributed by atoms with Gasteiger partial charge in [-0.2, -0.15) is 0 Å². The Morgan fingerprint density at radius 1 is 1.04 bits per heavy atom. The Morgan fingerprint density at radius 3 is 1.82 bits per heavy atom. The van der Waals surface area contributed by atoms with E-state index in [4.69, 9.17) is 26.4 Å². The normalized spacial score (nSPS) is 11.5. The third-order valence-electron chi connectivity index (χ3n) is 3.95. The van der Waals surface area contributed by atoms with Crippen molar-refractivity contribution in [1.82, 2.24) is 0 Å². The number of nitrogens with two attached hydrogens (primary N) is 2. The molecular formula is C20H32AlLiN2O4. The molecule has 0 amide bonds. The van der Waals surface area contributed by atoms with Crippen LogP contribution in [0.15, 0.2) is 36.4 Å². The Morgan fingerprint density at radius 2 is 1.54 bits per heavy atom. The number of hydrogen-bond acceptors (Lipinski definition) is 5. The Bertz CT molecular complexity index is 684. The van der Waals surface area contributed by atoms with Gasteiger partial charge in [-0.25, -0.2) is 4.79 Å². The number of ether oxygens (including phenoxy) is 1. The van der Waals surface area contributed by atoms with Crippen LogP contribution in [0.3, 0.4) is 0 Å². The molecule has 0 aromatic heterocycles. The number of carbonyl (C=O) groups is 1. The van der Waals surface area contributed by atoms with Crippen molar-refractivity contribution in [3.05, 3.63) is 58.7 Å². The first-order chi connectivity index (χ1) is 12.4. The van der Waals surface area contributed by atoms with Crippen LogP contribution in [0.25, 0.3) is 0 Å². The third-order valence-corrected chi connectivity index (χ3v) is 3.95. The van der Waals surface area contributed by atoms with E-state index in [9.17, 15) is 4.79 Å². The number of benzene rings is 2. The van der Waals surface area contributed by atoms with Crippen molar-refractivity contribution in [3.63, 3.8) is 0 Å². The number of nitrogen functional groups attached to an aromatic ring is 2. The summed E-state index contributed by atoms with van der Waals surface area (Å²) in [6.45, 7) is 5.68. The zero-order chi connectivity index (χ0) is 19.5. The fourth-order valence-corrected chi connectivity index (χ4v) is 2.43. The van der Waals surface area contributed by atoms with Crippen LogP contribution in [-0.4, -0.2) is 46.8 Å². The number of hydrogen-bond donors (Lipinski definition) is 4. The molecule has 28 heavy (non-hydrogen) atoms. The largest absolute Gasteiger partial charge is 1.00 e. The molecule has 0 unspecified atom stereocenters. The maximum Gasteiger partial charge on any atom is 1.00 e. The maximum absolute atomic E-state index is 10.6.